The fourth-order valence-electron chi connectivity index (χ4n) is 6.81. The molecule has 5 nitrogen and oxygen atoms in total. The number of fused-ring (bicyclic) bond motifs is 5. The van der Waals surface area contributed by atoms with Crippen LogP contribution in [0.25, 0.3) is 72.2 Å². The van der Waals surface area contributed by atoms with Gasteiger partial charge in [0.25, 0.3) is 0 Å². The van der Waals surface area contributed by atoms with Gasteiger partial charge in [0.2, 0.25) is 0 Å². The van der Waals surface area contributed by atoms with E-state index in [0.717, 1.165) is 67.1 Å². The number of para-hydroxylation sites is 2. The van der Waals surface area contributed by atoms with Crippen LogP contribution >= 0.6 is 0 Å². The van der Waals surface area contributed by atoms with Gasteiger partial charge in [-0.3, -0.25) is 9.97 Å². The number of benzene rings is 4. The fourth-order valence-corrected chi connectivity index (χ4v) is 6.81. The summed E-state index contributed by atoms with van der Waals surface area (Å²) in [4.78, 5) is 15.6. The SMILES string of the molecule is Cc1[n-]c(-n2c3ccc(C(C)(C)C)cc3c3ccc(-c4[c-]c(-c5nc6ccccc6n5C)cc(C(C)(C)C)c4)nc32)c2ccccc12.[Pt+2]. The minimum atomic E-state index is -0.0821. The van der Waals surface area contributed by atoms with E-state index in [1.165, 1.54) is 21.9 Å². The first-order valence-electron chi connectivity index (χ1n) is 16.4. The summed E-state index contributed by atoms with van der Waals surface area (Å²) in [7, 11) is 2.08. The number of aryl methyl sites for hydroxylation is 2. The molecule has 4 heterocycles. The van der Waals surface area contributed by atoms with Gasteiger partial charge >= 0.3 is 21.1 Å². The Hall–Kier alpha value is -4.47. The molecule has 0 fully saturated rings. The van der Waals surface area contributed by atoms with E-state index in [9.17, 15) is 0 Å². The monoisotopic (exact) mass is 808 g/mol. The Morgan fingerprint density at radius 3 is 2.06 bits per heavy atom. The van der Waals surface area contributed by atoms with Crippen LogP contribution in [0.5, 0.6) is 0 Å². The normalized spacial score (nSPS) is 12.4. The summed E-state index contributed by atoms with van der Waals surface area (Å²) in [6, 6.07) is 36.2. The van der Waals surface area contributed by atoms with Gasteiger partial charge in [0, 0.05) is 18.1 Å². The molecular weight excluding hydrogens is 770 g/mol. The first kappa shape index (κ1) is 32.1. The number of rotatable bonds is 3. The third-order valence-corrected chi connectivity index (χ3v) is 9.56. The second-order valence-electron chi connectivity index (χ2n) is 14.9. The predicted octanol–water partition coefficient (Wildman–Crippen LogP) is 10.2. The van der Waals surface area contributed by atoms with Crippen molar-refractivity contribution in [1.82, 2.24) is 24.1 Å². The molecule has 0 amide bonds. The molecule has 8 rings (SSSR count). The van der Waals surface area contributed by atoms with Crippen molar-refractivity contribution in [1.29, 1.82) is 0 Å². The molecule has 0 saturated carbocycles. The average molecular weight is 809 g/mol. The molecule has 4 aromatic heterocycles. The average Bonchev–Trinajstić information content (AvgIpc) is 3.68. The molecule has 0 bridgehead atoms. The smallest absolute Gasteiger partial charge is 0.439 e. The van der Waals surface area contributed by atoms with Gasteiger partial charge in [-0.1, -0.05) is 125 Å². The van der Waals surface area contributed by atoms with E-state index in [-0.39, 0.29) is 31.9 Å². The Morgan fingerprint density at radius 1 is 0.646 bits per heavy atom. The first-order chi connectivity index (χ1) is 22.4. The quantitative estimate of drug-likeness (QED) is 0.167. The minimum absolute atomic E-state index is 0. The fraction of sp³-hybridized carbons (Fsp3) is 0.238. The van der Waals surface area contributed by atoms with Crippen molar-refractivity contribution in [3.63, 3.8) is 0 Å². The van der Waals surface area contributed by atoms with Gasteiger partial charge in [0.05, 0.1) is 22.5 Å². The van der Waals surface area contributed by atoms with E-state index in [0.29, 0.717) is 0 Å². The standard InChI is InChI=1S/C42H39N5.Pt/c1-25-30-13-9-10-14-31(30)39(43-25)47-36-20-17-28(41(2,3)4)24-33(36)32-18-19-34(44-40(32)47)26-21-27(23-29(22-26)42(5,6)7)38-45-35-15-11-12-16-37(35)46(38)8;/h9-20,22-24H,1-8H3;/q-2;+2. The van der Waals surface area contributed by atoms with Crippen molar-refractivity contribution in [3.05, 3.63) is 114 Å². The number of pyridine rings is 1. The summed E-state index contributed by atoms with van der Waals surface area (Å²) in [5.74, 6) is 1.81. The van der Waals surface area contributed by atoms with Crippen molar-refractivity contribution >= 4 is 43.7 Å². The van der Waals surface area contributed by atoms with Gasteiger partial charge < -0.3 is 14.1 Å². The summed E-state index contributed by atoms with van der Waals surface area (Å²) >= 11 is 0. The van der Waals surface area contributed by atoms with Crippen molar-refractivity contribution in [2.24, 2.45) is 7.05 Å². The van der Waals surface area contributed by atoms with Crippen molar-refractivity contribution in [2.45, 2.75) is 59.3 Å². The molecule has 0 spiro atoms. The van der Waals surface area contributed by atoms with Gasteiger partial charge in [-0.05, 0) is 62.9 Å². The van der Waals surface area contributed by atoms with Crippen LogP contribution in [0.1, 0.15) is 58.4 Å². The number of hydrogen-bond donors (Lipinski definition) is 0. The zero-order valence-corrected chi connectivity index (χ0v) is 31.0. The minimum Gasteiger partial charge on any atom is -0.439 e. The number of hydrogen-bond acceptors (Lipinski definition) is 2. The summed E-state index contributed by atoms with van der Waals surface area (Å²) in [6.45, 7) is 15.6. The van der Waals surface area contributed by atoms with Crippen LogP contribution in [0.3, 0.4) is 0 Å². The van der Waals surface area contributed by atoms with Crippen LogP contribution in [-0.2, 0) is 38.9 Å². The largest absolute Gasteiger partial charge is 2.00 e. The first-order valence-corrected chi connectivity index (χ1v) is 16.4. The Labute approximate surface area is 296 Å². The molecule has 0 N–H and O–H groups in total. The molecule has 0 unspecified atom stereocenters. The van der Waals surface area contributed by atoms with E-state index < -0.39 is 0 Å². The van der Waals surface area contributed by atoms with Gasteiger partial charge in [-0.15, -0.1) is 23.8 Å². The van der Waals surface area contributed by atoms with Crippen molar-refractivity contribution < 1.29 is 21.1 Å². The van der Waals surface area contributed by atoms with Gasteiger partial charge in [0.15, 0.2) is 0 Å². The Bertz CT molecular complexity index is 2510. The van der Waals surface area contributed by atoms with E-state index in [2.05, 4.69) is 156 Å². The molecule has 0 aliphatic rings. The molecule has 8 aromatic rings. The summed E-state index contributed by atoms with van der Waals surface area (Å²) in [5, 5.41) is 4.59. The Morgan fingerprint density at radius 2 is 1.33 bits per heavy atom. The second kappa shape index (κ2) is 11.3. The number of aromatic nitrogens is 5. The van der Waals surface area contributed by atoms with Crippen LogP contribution in [0.2, 0.25) is 0 Å². The summed E-state index contributed by atoms with van der Waals surface area (Å²) in [5.41, 5.74) is 10.3. The molecule has 6 heteroatoms. The number of nitrogens with zero attached hydrogens (tertiary/aromatic N) is 5. The zero-order valence-electron chi connectivity index (χ0n) is 28.7. The molecule has 0 aliphatic heterocycles. The maximum absolute atomic E-state index is 5.45. The topological polar surface area (TPSA) is 49.7 Å². The van der Waals surface area contributed by atoms with Crippen LogP contribution in [0.15, 0.2) is 91.0 Å². The molecule has 0 atom stereocenters. The van der Waals surface area contributed by atoms with Crippen LogP contribution in [-0.4, -0.2) is 19.1 Å². The molecule has 4 aromatic carbocycles. The van der Waals surface area contributed by atoms with E-state index in [4.69, 9.17) is 15.0 Å². The van der Waals surface area contributed by atoms with Gasteiger partial charge in [-0.2, -0.15) is 0 Å². The maximum Gasteiger partial charge on any atom is 2.00 e. The van der Waals surface area contributed by atoms with Gasteiger partial charge in [0.1, 0.15) is 0 Å². The van der Waals surface area contributed by atoms with Crippen LogP contribution < -0.4 is 4.98 Å². The van der Waals surface area contributed by atoms with Gasteiger partial charge in [-0.25, -0.2) is 0 Å². The predicted molar refractivity (Wildman–Crippen MR) is 196 cm³/mol. The van der Waals surface area contributed by atoms with Crippen molar-refractivity contribution in [3.8, 4) is 28.5 Å². The Kier molecular flexibility index (Phi) is 7.56. The maximum atomic E-state index is 5.45. The number of imidazole rings is 1. The van der Waals surface area contributed by atoms with Crippen molar-refractivity contribution in [2.75, 3.05) is 0 Å². The van der Waals surface area contributed by atoms with E-state index >= 15 is 0 Å². The second-order valence-corrected chi connectivity index (χ2v) is 14.9. The summed E-state index contributed by atoms with van der Waals surface area (Å²) < 4.78 is 4.42. The Balaban J connectivity index is 0.00000364. The molecular formula is C42H39N5Pt. The third kappa shape index (κ3) is 5.11. The van der Waals surface area contributed by atoms with Crippen LogP contribution in [0, 0.1) is 13.0 Å². The third-order valence-electron chi connectivity index (χ3n) is 9.56. The van der Waals surface area contributed by atoms with E-state index in [1.807, 2.05) is 6.07 Å². The van der Waals surface area contributed by atoms with Crippen LogP contribution in [0.4, 0.5) is 0 Å². The molecule has 48 heavy (non-hydrogen) atoms. The molecule has 0 saturated heterocycles. The zero-order chi connectivity index (χ0) is 32.8. The molecule has 0 aliphatic carbocycles. The molecule has 242 valence electrons. The molecule has 0 radical (unpaired) electrons. The summed E-state index contributed by atoms with van der Waals surface area (Å²) in [6.07, 6.45) is 0. The van der Waals surface area contributed by atoms with E-state index in [1.54, 1.807) is 0 Å².